The monoisotopic (exact) mass is 510 g/mol. The van der Waals surface area contributed by atoms with Crippen LogP contribution in [-0.2, 0) is 5.54 Å². The van der Waals surface area contributed by atoms with E-state index < -0.39 is 0 Å². The molecule has 0 aliphatic carbocycles. The smallest absolute Gasteiger partial charge is 0.256 e. The number of hydrogen-bond acceptors (Lipinski definition) is 5. The molecule has 1 unspecified atom stereocenters. The lowest BCUT2D eigenvalue weighted by Crippen LogP contribution is -2.38. The normalized spacial score (nSPS) is 15.9. The third kappa shape index (κ3) is 5.09. The van der Waals surface area contributed by atoms with Crippen molar-refractivity contribution in [1.82, 2.24) is 15.1 Å². The summed E-state index contributed by atoms with van der Waals surface area (Å²) < 4.78 is 12.6. The zero-order chi connectivity index (χ0) is 26.7. The Labute approximate surface area is 223 Å². The van der Waals surface area contributed by atoms with Crippen LogP contribution in [0.25, 0.3) is 0 Å². The van der Waals surface area contributed by atoms with Gasteiger partial charge in [0.15, 0.2) is 0 Å². The molecule has 2 N–H and O–H groups in total. The minimum atomic E-state index is -0.242. The highest BCUT2D eigenvalue weighted by atomic mass is 16.5. The summed E-state index contributed by atoms with van der Waals surface area (Å²) in [6.07, 6.45) is 2.53. The van der Waals surface area contributed by atoms with Gasteiger partial charge in [-0.2, -0.15) is 5.10 Å². The lowest BCUT2D eigenvalue weighted by atomic mass is 9.89. The Morgan fingerprint density at radius 3 is 2.11 bits per heavy atom. The van der Waals surface area contributed by atoms with Crippen molar-refractivity contribution in [1.29, 1.82) is 0 Å². The fraction of sp³-hybridized carbons (Fsp3) is 0.290. The molecule has 196 valence electrons. The summed E-state index contributed by atoms with van der Waals surface area (Å²) in [6.45, 7) is 4.74. The molecule has 0 radical (unpaired) electrons. The van der Waals surface area contributed by atoms with E-state index in [-0.39, 0.29) is 23.4 Å². The Balaban J connectivity index is 1.40. The predicted molar refractivity (Wildman–Crippen MR) is 149 cm³/mol. The maximum Gasteiger partial charge on any atom is 0.256 e. The summed E-state index contributed by atoms with van der Waals surface area (Å²) in [5.41, 5.74) is 3.66. The van der Waals surface area contributed by atoms with Crippen LogP contribution in [0.1, 0.15) is 59.3 Å². The fourth-order valence-electron chi connectivity index (χ4n) is 5.19. The number of aromatic nitrogens is 2. The zero-order valence-electron chi connectivity index (χ0n) is 22.3. The van der Waals surface area contributed by atoms with Crippen LogP contribution < -0.4 is 20.1 Å². The maximum absolute atomic E-state index is 13.6. The number of nitrogens with zero attached hydrogens (tertiary/aromatic N) is 2. The van der Waals surface area contributed by atoms with Crippen LogP contribution in [0.15, 0.2) is 85.1 Å². The topological polar surface area (TPSA) is 77.4 Å². The van der Waals surface area contributed by atoms with E-state index in [1.165, 1.54) is 5.56 Å². The molecule has 1 aliphatic heterocycles. The van der Waals surface area contributed by atoms with Crippen LogP contribution >= 0.6 is 0 Å². The van der Waals surface area contributed by atoms with Gasteiger partial charge in [0, 0.05) is 12.5 Å². The van der Waals surface area contributed by atoms with Crippen LogP contribution in [0.5, 0.6) is 11.5 Å². The number of ether oxygens (including phenoxy) is 2. The van der Waals surface area contributed by atoms with Gasteiger partial charge >= 0.3 is 0 Å². The molecule has 1 atom stereocenters. The molecular formula is C31H34N4O3. The van der Waals surface area contributed by atoms with Gasteiger partial charge in [0.05, 0.1) is 32.0 Å². The molecule has 0 bridgehead atoms. The molecule has 7 nitrogen and oxygen atoms in total. The summed E-state index contributed by atoms with van der Waals surface area (Å²) in [6, 6.07) is 26.4. The second-order valence-corrected chi connectivity index (χ2v) is 10.3. The molecule has 0 saturated heterocycles. The minimum Gasteiger partial charge on any atom is -0.497 e. The molecule has 7 heteroatoms. The third-order valence-corrected chi connectivity index (χ3v) is 7.31. The van der Waals surface area contributed by atoms with Crippen molar-refractivity contribution >= 4 is 11.7 Å². The Bertz CT molecular complexity index is 1330. The van der Waals surface area contributed by atoms with Crippen molar-refractivity contribution in [2.24, 2.45) is 0 Å². The molecule has 5 rings (SSSR count). The molecular weight excluding hydrogens is 476 g/mol. The van der Waals surface area contributed by atoms with E-state index in [1.807, 2.05) is 71.4 Å². The van der Waals surface area contributed by atoms with E-state index >= 15 is 0 Å². The van der Waals surface area contributed by atoms with Gasteiger partial charge in [-0.25, -0.2) is 4.68 Å². The summed E-state index contributed by atoms with van der Waals surface area (Å²) in [5.74, 6) is 2.12. The summed E-state index contributed by atoms with van der Waals surface area (Å²) in [4.78, 5) is 13.6. The van der Waals surface area contributed by atoms with E-state index in [0.29, 0.717) is 12.1 Å². The Kier molecular flexibility index (Phi) is 7.09. The van der Waals surface area contributed by atoms with E-state index in [1.54, 1.807) is 20.4 Å². The number of benzene rings is 3. The van der Waals surface area contributed by atoms with Crippen molar-refractivity contribution in [3.8, 4) is 11.5 Å². The van der Waals surface area contributed by atoms with E-state index in [4.69, 9.17) is 9.47 Å². The van der Waals surface area contributed by atoms with Crippen LogP contribution in [0.3, 0.4) is 0 Å². The number of rotatable bonds is 8. The number of carbonyl (C=O) groups is 1. The average Bonchev–Trinajstić information content (AvgIpc) is 3.39. The Morgan fingerprint density at radius 1 is 0.974 bits per heavy atom. The minimum absolute atomic E-state index is 0.0522. The molecule has 1 amide bonds. The maximum atomic E-state index is 13.6. The number of hydrogen-bond donors (Lipinski definition) is 2. The number of methoxy groups -OCH3 is 2. The van der Waals surface area contributed by atoms with Gasteiger partial charge in [0.25, 0.3) is 5.91 Å². The molecule has 38 heavy (non-hydrogen) atoms. The number of fused-ring (bicyclic) bond motifs is 1. The highest BCUT2D eigenvalue weighted by Gasteiger charge is 2.36. The van der Waals surface area contributed by atoms with Crippen LogP contribution in [0.4, 0.5) is 5.82 Å². The molecule has 0 saturated carbocycles. The highest BCUT2D eigenvalue weighted by Crippen LogP contribution is 2.40. The lowest BCUT2D eigenvalue weighted by Gasteiger charge is -2.38. The molecule has 1 aromatic heterocycles. The van der Waals surface area contributed by atoms with Crippen molar-refractivity contribution in [2.75, 3.05) is 26.1 Å². The van der Waals surface area contributed by atoms with Gasteiger partial charge in [-0.1, -0.05) is 54.6 Å². The highest BCUT2D eigenvalue weighted by molar-refractivity contribution is 5.99. The molecule has 0 spiro atoms. The first kappa shape index (κ1) is 25.4. The first-order valence-corrected chi connectivity index (χ1v) is 12.9. The van der Waals surface area contributed by atoms with Gasteiger partial charge in [-0.05, 0) is 61.2 Å². The zero-order valence-corrected chi connectivity index (χ0v) is 22.3. The van der Waals surface area contributed by atoms with Gasteiger partial charge in [-0.15, -0.1) is 0 Å². The van der Waals surface area contributed by atoms with Gasteiger partial charge < -0.3 is 20.1 Å². The standard InChI is InChI=1S/C31H34N4O3/c1-31(2)18-28(23-8-6-5-7-9-23)34-29-27(20-33-35(29)31)30(36)32-19-26(21-10-14-24(37-3)15-11-21)22-12-16-25(38-4)17-13-22/h5-17,20,26,28,34H,18-19H2,1-4H3,(H,32,36). The molecule has 2 heterocycles. The van der Waals surface area contributed by atoms with Crippen LogP contribution in [0, 0.1) is 0 Å². The van der Waals surface area contributed by atoms with Crippen LogP contribution in [-0.4, -0.2) is 36.5 Å². The second kappa shape index (κ2) is 10.6. The van der Waals surface area contributed by atoms with Crippen molar-refractivity contribution in [2.45, 2.75) is 37.8 Å². The SMILES string of the molecule is COc1ccc(C(CNC(=O)c2cnn3c2NC(c2ccccc2)CC3(C)C)c2ccc(OC)cc2)cc1. The largest absolute Gasteiger partial charge is 0.497 e. The van der Waals surface area contributed by atoms with Crippen molar-refractivity contribution in [3.05, 3.63) is 107 Å². The predicted octanol–water partition coefficient (Wildman–Crippen LogP) is 5.75. The second-order valence-electron chi connectivity index (χ2n) is 10.3. The van der Waals surface area contributed by atoms with Crippen LogP contribution in [0.2, 0.25) is 0 Å². The average molecular weight is 511 g/mol. The van der Waals surface area contributed by atoms with Gasteiger partial charge in [0.1, 0.15) is 22.9 Å². The number of nitrogens with one attached hydrogen (secondary N) is 2. The first-order valence-electron chi connectivity index (χ1n) is 12.9. The van der Waals surface area contributed by atoms with E-state index in [0.717, 1.165) is 34.9 Å². The number of carbonyl (C=O) groups excluding carboxylic acids is 1. The number of amides is 1. The summed E-state index contributed by atoms with van der Waals surface area (Å²) in [7, 11) is 3.31. The fourth-order valence-corrected chi connectivity index (χ4v) is 5.19. The Hall–Kier alpha value is -4.26. The Morgan fingerprint density at radius 2 is 1.55 bits per heavy atom. The quantitative estimate of drug-likeness (QED) is 0.315. The molecule has 3 aromatic carbocycles. The summed E-state index contributed by atoms with van der Waals surface area (Å²) >= 11 is 0. The third-order valence-electron chi connectivity index (χ3n) is 7.31. The van der Waals surface area contributed by atoms with Gasteiger partial charge in [0.2, 0.25) is 0 Å². The molecule has 1 aliphatic rings. The van der Waals surface area contributed by atoms with Gasteiger partial charge in [-0.3, -0.25) is 4.79 Å². The first-order chi connectivity index (χ1) is 18.4. The van der Waals surface area contributed by atoms with E-state index in [2.05, 4.69) is 41.7 Å². The van der Waals surface area contributed by atoms with Crippen molar-refractivity contribution in [3.63, 3.8) is 0 Å². The van der Waals surface area contributed by atoms with Crippen molar-refractivity contribution < 1.29 is 14.3 Å². The van der Waals surface area contributed by atoms with E-state index in [9.17, 15) is 4.79 Å². The molecule has 4 aromatic rings. The summed E-state index contributed by atoms with van der Waals surface area (Å²) in [5, 5.41) is 11.4. The molecule has 0 fully saturated rings. The number of anilines is 1. The lowest BCUT2D eigenvalue weighted by molar-refractivity contribution is 0.0952.